The highest BCUT2D eigenvalue weighted by Gasteiger charge is 2.28. The molecule has 1 aromatic carbocycles. The molecule has 3 rings (SSSR count). The maximum Gasteiger partial charge on any atom is 0.0799 e. The number of aromatic nitrogens is 2. The van der Waals surface area contributed by atoms with Crippen molar-refractivity contribution in [1.82, 2.24) is 15.1 Å². The summed E-state index contributed by atoms with van der Waals surface area (Å²) in [7, 11) is 0. The Kier molecular flexibility index (Phi) is 3.52. The molecule has 1 aromatic heterocycles. The Morgan fingerprint density at radius 2 is 2.15 bits per heavy atom. The molecule has 0 spiro atoms. The molecule has 2 N–H and O–H groups in total. The summed E-state index contributed by atoms with van der Waals surface area (Å²) in [5.41, 5.74) is 1.39. The quantitative estimate of drug-likeness (QED) is 0.847. The summed E-state index contributed by atoms with van der Waals surface area (Å²) in [4.78, 5) is 0. The monoisotopic (exact) mass is 273 g/mol. The molecule has 0 saturated heterocycles. The summed E-state index contributed by atoms with van der Waals surface area (Å²) in [5.74, 6) is 0. The van der Waals surface area contributed by atoms with Crippen LogP contribution < -0.4 is 5.32 Å². The lowest BCUT2D eigenvalue weighted by Crippen LogP contribution is -2.40. The van der Waals surface area contributed by atoms with Gasteiger partial charge in [0.15, 0.2) is 0 Å². The lowest BCUT2D eigenvalue weighted by Gasteiger charge is -2.23. The van der Waals surface area contributed by atoms with Crippen LogP contribution in [0.15, 0.2) is 24.3 Å². The third-order valence-electron chi connectivity index (χ3n) is 3.93. The molecule has 4 heteroatoms. The lowest BCUT2D eigenvalue weighted by molar-refractivity contribution is 0.0589. The van der Waals surface area contributed by atoms with Gasteiger partial charge in [0.05, 0.1) is 16.8 Å². The first kappa shape index (κ1) is 13.6. The highest BCUT2D eigenvalue weighted by molar-refractivity contribution is 5.82. The number of nitrogens with one attached hydrogen (secondary N) is 1. The molecule has 0 bridgehead atoms. The van der Waals surface area contributed by atoms with Crippen LogP contribution in [0.4, 0.5) is 0 Å². The van der Waals surface area contributed by atoms with Crippen LogP contribution in [0.1, 0.15) is 32.4 Å². The molecule has 1 atom stereocenters. The van der Waals surface area contributed by atoms with E-state index in [9.17, 15) is 5.11 Å². The number of aryl methyl sites for hydroxylation is 1. The number of rotatable bonds is 6. The minimum atomic E-state index is -0.752. The van der Waals surface area contributed by atoms with Gasteiger partial charge in [0.2, 0.25) is 0 Å². The van der Waals surface area contributed by atoms with Crippen LogP contribution in [0.25, 0.3) is 10.9 Å². The molecule has 108 valence electrons. The zero-order chi connectivity index (χ0) is 14.2. The molecule has 1 heterocycles. The Morgan fingerprint density at radius 1 is 1.40 bits per heavy atom. The van der Waals surface area contributed by atoms with E-state index < -0.39 is 5.60 Å². The first-order valence-corrected chi connectivity index (χ1v) is 7.49. The molecule has 2 aromatic rings. The first-order chi connectivity index (χ1) is 9.59. The van der Waals surface area contributed by atoms with Gasteiger partial charge in [-0.2, -0.15) is 5.10 Å². The van der Waals surface area contributed by atoms with E-state index in [1.54, 1.807) is 0 Å². The number of benzene rings is 1. The molecule has 1 unspecified atom stereocenters. The molecule has 1 saturated carbocycles. The first-order valence-electron chi connectivity index (χ1n) is 7.49. The zero-order valence-electron chi connectivity index (χ0n) is 12.3. The molecular formula is C16H23N3O. The van der Waals surface area contributed by atoms with Crippen molar-refractivity contribution < 1.29 is 5.11 Å². The summed E-state index contributed by atoms with van der Waals surface area (Å²) in [5, 5.41) is 19.8. The maximum atomic E-state index is 10.6. The standard InChI is InChI=1S/C16H23N3O/c1-3-19-15-7-5-4-6-13(15)14(18-19)10-16(2,20)11-17-12-8-9-12/h4-7,12,17,20H,3,8-11H2,1-2H3. The summed E-state index contributed by atoms with van der Waals surface area (Å²) >= 11 is 0. The van der Waals surface area contributed by atoms with E-state index in [1.165, 1.54) is 12.8 Å². The third kappa shape index (κ3) is 2.86. The molecule has 1 fully saturated rings. The predicted molar refractivity (Wildman–Crippen MR) is 80.8 cm³/mol. The van der Waals surface area contributed by atoms with E-state index in [0.717, 1.165) is 23.1 Å². The highest BCUT2D eigenvalue weighted by Crippen LogP contribution is 2.24. The summed E-state index contributed by atoms with van der Waals surface area (Å²) in [6, 6.07) is 8.87. The Labute approximate surface area is 119 Å². The van der Waals surface area contributed by atoms with E-state index in [0.29, 0.717) is 19.0 Å². The van der Waals surface area contributed by atoms with Gasteiger partial charge in [-0.3, -0.25) is 4.68 Å². The smallest absolute Gasteiger partial charge is 0.0799 e. The third-order valence-corrected chi connectivity index (χ3v) is 3.93. The minimum Gasteiger partial charge on any atom is -0.388 e. The van der Waals surface area contributed by atoms with Crippen molar-refractivity contribution in [2.24, 2.45) is 0 Å². The van der Waals surface area contributed by atoms with Crippen molar-refractivity contribution in [2.45, 2.75) is 51.3 Å². The highest BCUT2D eigenvalue weighted by atomic mass is 16.3. The topological polar surface area (TPSA) is 50.1 Å². The van der Waals surface area contributed by atoms with Crippen LogP contribution in [0.2, 0.25) is 0 Å². The second-order valence-corrected chi connectivity index (χ2v) is 6.11. The number of hydrogen-bond acceptors (Lipinski definition) is 3. The van der Waals surface area contributed by atoms with Crippen LogP contribution in [0.3, 0.4) is 0 Å². The van der Waals surface area contributed by atoms with Crippen LogP contribution in [-0.2, 0) is 13.0 Å². The fourth-order valence-corrected chi connectivity index (χ4v) is 2.64. The summed E-state index contributed by atoms with van der Waals surface area (Å²) in [6.45, 7) is 5.46. The van der Waals surface area contributed by atoms with E-state index in [-0.39, 0.29) is 0 Å². The predicted octanol–water partition coefficient (Wildman–Crippen LogP) is 2.10. The number of hydrogen-bond donors (Lipinski definition) is 2. The second-order valence-electron chi connectivity index (χ2n) is 6.11. The SMILES string of the molecule is CCn1nc(CC(C)(O)CNC2CC2)c2ccccc21. The average Bonchev–Trinajstić information content (AvgIpc) is 3.20. The van der Waals surface area contributed by atoms with Gasteiger partial charge in [0.25, 0.3) is 0 Å². The number of fused-ring (bicyclic) bond motifs is 1. The summed E-state index contributed by atoms with van der Waals surface area (Å²) < 4.78 is 2.01. The van der Waals surface area contributed by atoms with E-state index >= 15 is 0 Å². The fraction of sp³-hybridized carbons (Fsp3) is 0.562. The lowest BCUT2D eigenvalue weighted by atomic mass is 9.98. The van der Waals surface area contributed by atoms with Crippen molar-refractivity contribution >= 4 is 10.9 Å². The Bertz CT molecular complexity index is 599. The van der Waals surface area contributed by atoms with Crippen LogP contribution in [0, 0.1) is 0 Å². The van der Waals surface area contributed by atoms with Gasteiger partial charge < -0.3 is 10.4 Å². The Morgan fingerprint density at radius 3 is 2.85 bits per heavy atom. The van der Waals surface area contributed by atoms with Crippen molar-refractivity contribution in [1.29, 1.82) is 0 Å². The number of nitrogens with zero attached hydrogens (tertiary/aromatic N) is 2. The Balaban J connectivity index is 1.82. The normalized spacial score (nSPS) is 18.4. The van der Waals surface area contributed by atoms with Gasteiger partial charge >= 0.3 is 0 Å². The second kappa shape index (κ2) is 5.19. The maximum absolute atomic E-state index is 10.6. The average molecular weight is 273 g/mol. The van der Waals surface area contributed by atoms with E-state index in [2.05, 4.69) is 29.5 Å². The van der Waals surface area contributed by atoms with Crippen molar-refractivity contribution in [3.8, 4) is 0 Å². The number of aliphatic hydroxyl groups is 1. The molecule has 0 aliphatic heterocycles. The fourth-order valence-electron chi connectivity index (χ4n) is 2.64. The van der Waals surface area contributed by atoms with Gasteiger partial charge in [-0.05, 0) is 32.8 Å². The molecule has 1 aliphatic carbocycles. The molecule has 0 radical (unpaired) electrons. The molecular weight excluding hydrogens is 250 g/mol. The van der Waals surface area contributed by atoms with E-state index in [4.69, 9.17) is 0 Å². The van der Waals surface area contributed by atoms with Gasteiger partial charge in [-0.1, -0.05) is 18.2 Å². The zero-order valence-corrected chi connectivity index (χ0v) is 12.3. The van der Waals surface area contributed by atoms with E-state index in [1.807, 2.05) is 23.7 Å². The largest absolute Gasteiger partial charge is 0.388 e. The molecule has 20 heavy (non-hydrogen) atoms. The molecule has 0 amide bonds. The van der Waals surface area contributed by atoms with Crippen molar-refractivity contribution in [3.63, 3.8) is 0 Å². The van der Waals surface area contributed by atoms with Gasteiger partial charge in [0.1, 0.15) is 0 Å². The van der Waals surface area contributed by atoms with Crippen LogP contribution in [-0.4, -0.2) is 33.1 Å². The number of para-hydroxylation sites is 1. The molecule has 1 aliphatic rings. The summed E-state index contributed by atoms with van der Waals surface area (Å²) in [6.07, 6.45) is 3.06. The van der Waals surface area contributed by atoms with Crippen molar-refractivity contribution in [2.75, 3.05) is 6.54 Å². The van der Waals surface area contributed by atoms with Crippen LogP contribution in [0.5, 0.6) is 0 Å². The molecule has 4 nitrogen and oxygen atoms in total. The Hall–Kier alpha value is -1.39. The van der Waals surface area contributed by atoms with Crippen LogP contribution >= 0.6 is 0 Å². The minimum absolute atomic E-state index is 0.584. The van der Waals surface area contributed by atoms with Crippen molar-refractivity contribution in [3.05, 3.63) is 30.0 Å². The van der Waals surface area contributed by atoms with Gasteiger partial charge in [-0.15, -0.1) is 0 Å². The van der Waals surface area contributed by atoms with Gasteiger partial charge in [0, 0.05) is 30.9 Å². The van der Waals surface area contributed by atoms with Gasteiger partial charge in [-0.25, -0.2) is 0 Å².